The first-order valence-electron chi connectivity index (χ1n) is 9.67. The van der Waals surface area contributed by atoms with Crippen LogP contribution in [0.3, 0.4) is 0 Å². The number of amides is 2. The average molecular weight is 419 g/mol. The molecule has 4 rings (SSSR count). The Kier molecular flexibility index (Phi) is 5.63. The molecular weight excluding hydrogens is 400 g/mol. The summed E-state index contributed by atoms with van der Waals surface area (Å²) in [6, 6.07) is 14.9. The van der Waals surface area contributed by atoms with Gasteiger partial charge in [-0.3, -0.25) is 9.59 Å². The Balaban J connectivity index is 1.68. The highest BCUT2D eigenvalue weighted by molar-refractivity contribution is 7.17. The van der Waals surface area contributed by atoms with E-state index in [4.69, 9.17) is 0 Å². The third-order valence-electron chi connectivity index (χ3n) is 5.06. The molecule has 0 bridgehead atoms. The highest BCUT2D eigenvalue weighted by atomic mass is 32.1. The van der Waals surface area contributed by atoms with Gasteiger partial charge in [0, 0.05) is 16.0 Å². The van der Waals surface area contributed by atoms with Gasteiger partial charge in [0.1, 0.15) is 5.00 Å². The number of carboxylic acids is 1. The molecule has 1 aliphatic rings. The fourth-order valence-electron chi connectivity index (χ4n) is 3.61. The maximum absolute atomic E-state index is 13.2. The summed E-state index contributed by atoms with van der Waals surface area (Å²) in [6.45, 7) is 0. The van der Waals surface area contributed by atoms with E-state index in [9.17, 15) is 19.5 Å². The van der Waals surface area contributed by atoms with Crippen molar-refractivity contribution in [3.8, 4) is 0 Å². The van der Waals surface area contributed by atoms with E-state index in [-0.39, 0.29) is 17.2 Å². The smallest absolute Gasteiger partial charge is 0.258 e. The maximum atomic E-state index is 13.2. The monoisotopic (exact) mass is 419 g/mol. The van der Waals surface area contributed by atoms with E-state index in [2.05, 4.69) is 10.6 Å². The predicted octanol–water partition coefficient (Wildman–Crippen LogP) is 3.50. The first-order chi connectivity index (χ1) is 14.5. The molecule has 0 spiro atoms. The third-order valence-corrected chi connectivity index (χ3v) is 6.26. The van der Waals surface area contributed by atoms with Crippen molar-refractivity contribution < 1.29 is 19.5 Å². The van der Waals surface area contributed by atoms with Gasteiger partial charge >= 0.3 is 0 Å². The molecule has 1 aliphatic carbocycles. The number of fused-ring (bicyclic) bond motifs is 1. The third kappa shape index (κ3) is 3.97. The molecule has 0 aliphatic heterocycles. The van der Waals surface area contributed by atoms with Crippen LogP contribution in [0.4, 0.5) is 10.7 Å². The van der Waals surface area contributed by atoms with Gasteiger partial charge in [-0.2, -0.15) is 0 Å². The minimum absolute atomic E-state index is 0.0928. The zero-order valence-corrected chi connectivity index (χ0v) is 16.9. The molecule has 1 heterocycles. The molecule has 0 fully saturated rings. The van der Waals surface area contributed by atoms with Crippen molar-refractivity contribution in [2.75, 3.05) is 10.6 Å². The number of aryl methyl sites for hydroxylation is 1. The van der Waals surface area contributed by atoms with Gasteiger partial charge in [-0.1, -0.05) is 36.4 Å². The Morgan fingerprint density at radius 1 is 0.833 bits per heavy atom. The first kappa shape index (κ1) is 19.8. The summed E-state index contributed by atoms with van der Waals surface area (Å²) in [4.78, 5) is 38.3. The van der Waals surface area contributed by atoms with E-state index in [1.165, 1.54) is 23.5 Å². The number of para-hydroxylation sites is 1. The van der Waals surface area contributed by atoms with E-state index >= 15 is 0 Å². The maximum Gasteiger partial charge on any atom is 0.258 e. The summed E-state index contributed by atoms with van der Waals surface area (Å²) in [5.74, 6) is -2.10. The summed E-state index contributed by atoms with van der Waals surface area (Å²) in [5.41, 5.74) is 1.91. The van der Waals surface area contributed by atoms with E-state index < -0.39 is 11.9 Å². The van der Waals surface area contributed by atoms with Crippen LogP contribution in [-0.2, 0) is 12.8 Å². The van der Waals surface area contributed by atoms with Crippen LogP contribution in [0.5, 0.6) is 0 Å². The first-order valence-corrected chi connectivity index (χ1v) is 10.5. The standard InChI is InChI=1S/C23H20N2O4S/c26-20(14-8-2-1-3-9-14)25-22-19(16-11-5-7-13-18(16)30-22)21(27)24-17-12-6-4-10-15(17)23(28)29/h1-4,6,8-10,12H,5,7,11,13H2,(H,24,27)(H,25,26)(H,28,29)/p-1. The number of hydrogen-bond acceptors (Lipinski definition) is 5. The fraction of sp³-hybridized carbons (Fsp3) is 0.174. The van der Waals surface area contributed by atoms with Crippen LogP contribution in [0.2, 0.25) is 0 Å². The molecule has 2 N–H and O–H groups in total. The number of anilines is 2. The van der Waals surface area contributed by atoms with E-state index in [0.29, 0.717) is 16.1 Å². The van der Waals surface area contributed by atoms with Crippen LogP contribution in [0.1, 0.15) is 54.4 Å². The van der Waals surface area contributed by atoms with Crippen molar-refractivity contribution in [1.82, 2.24) is 0 Å². The van der Waals surface area contributed by atoms with Crippen molar-refractivity contribution in [2.45, 2.75) is 25.7 Å². The number of thiophene rings is 1. The van der Waals surface area contributed by atoms with E-state index in [1.54, 1.807) is 36.4 Å². The van der Waals surface area contributed by atoms with Gasteiger partial charge < -0.3 is 20.5 Å². The Bertz CT molecular complexity index is 1120. The second-order valence-corrected chi connectivity index (χ2v) is 8.13. The molecule has 3 aromatic rings. The summed E-state index contributed by atoms with van der Waals surface area (Å²) >= 11 is 1.41. The lowest BCUT2D eigenvalue weighted by molar-refractivity contribution is -0.254. The highest BCUT2D eigenvalue weighted by Crippen LogP contribution is 2.39. The van der Waals surface area contributed by atoms with Gasteiger partial charge in [-0.05, 0) is 49.4 Å². The lowest BCUT2D eigenvalue weighted by atomic mass is 9.95. The molecule has 0 saturated heterocycles. The average Bonchev–Trinajstić information content (AvgIpc) is 3.12. The topological polar surface area (TPSA) is 98.3 Å². The Hall–Kier alpha value is -3.45. The molecule has 2 amide bonds. The number of carbonyl (C=O) groups is 3. The normalized spacial score (nSPS) is 12.7. The van der Waals surface area contributed by atoms with Crippen molar-refractivity contribution in [2.24, 2.45) is 0 Å². The Morgan fingerprint density at radius 2 is 1.53 bits per heavy atom. The van der Waals surface area contributed by atoms with Gasteiger partial charge in [0.05, 0.1) is 17.2 Å². The van der Waals surface area contributed by atoms with E-state index in [0.717, 1.165) is 36.1 Å². The molecule has 2 aromatic carbocycles. The number of rotatable bonds is 5. The van der Waals surface area contributed by atoms with Crippen molar-refractivity contribution in [1.29, 1.82) is 0 Å². The SMILES string of the molecule is O=C(Nc1sc2c(c1C(=O)Nc1ccccc1C(=O)[O-])CCCC2)c1ccccc1. The number of benzene rings is 2. The van der Waals surface area contributed by atoms with Crippen molar-refractivity contribution >= 4 is 39.8 Å². The summed E-state index contributed by atoms with van der Waals surface area (Å²) < 4.78 is 0. The zero-order valence-electron chi connectivity index (χ0n) is 16.1. The Labute approximate surface area is 177 Å². The summed E-state index contributed by atoms with van der Waals surface area (Å²) in [7, 11) is 0. The number of hydrogen-bond donors (Lipinski definition) is 2. The van der Waals surface area contributed by atoms with Gasteiger partial charge in [-0.15, -0.1) is 11.3 Å². The second kappa shape index (κ2) is 8.51. The largest absolute Gasteiger partial charge is 0.545 e. The van der Waals surface area contributed by atoms with Crippen LogP contribution < -0.4 is 15.7 Å². The molecule has 0 atom stereocenters. The lowest BCUT2D eigenvalue weighted by Gasteiger charge is -2.15. The van der Waals surface area contributed by atoms with Crippen LogP contribution in [0.25, 0.3) is 0 Å². The molecule has 6 nitrogen and oxygen atoms in total. The van der Waals surface area contributed by atoms with Crippen molar-refractivity contribution in [3.63, 3.8) is 0 Å². The van der Waals surface area contributed by atoms with Gasteiger partial charge in [0.15, 0.2) is 0 Å². The molecule has 152 valence electrons. The quantitative estimate of drug-likeness (QED) is 0.661. The molecule has 7 heteroatoms. The van der Waals surface area contributed by atoms with Crippen LogP contribution in [-0.4, -0.2) is 17.8 Å². The summed E-state index contributed by atoms with van der Waals surface area (Å²) in [6.07, 6.45) is 3.61. The van der Waals surface area contributed by atoms with Crippen LogP contribution >= 0.6 is 11.3 Å². The molecule has 1 aromatic heterocycles. The number of carboxylic acid groups (broad SMARTS) is 1. The second-order valence-electron chi connectivity index (χ2n) is 7.02. The van der Waals surface area contributed by atoms with Gasteiger partial charge in [0.25, 0.3) is 11.8 Å². The molecule has 0 radical (unpaired) electrons. The molecule has 30 heavy (non-hydrogen) atoms. The number of aromatic carboxylic acids is 1. The number of nitrogens with one attached hydrogen (secondary N) is 2. The Morgan fingerprint density at radius 3 is 2.30 bits per heavy atom. The zero-order chi connectivity index (χ0) is 21.1. The van der Waals surface area contributed by atoms with E-state index in [1.807, 2.05) is 6.07 Å². The van der Waals surface area contributed by atoms with Gasteiger partial charge in [0.2, 0.25) is 0 Å². The highest BCUT2D eigenvalue weighted by Gasteiger charge is 2.27. The lowest BCUT2D eigenvalue weighted by Crippen LogP contribution is -2.25. The predicted molar refractivity (Wildman–Crippen MR) is 114 cm³/mol. The molecular formula is C23H19N2O4S-. The fourth-order valence-corrected chi connectivity index (χ4v) is 4.90. The van der Waals surface area contributed by atoms with Gasteiger partial charge in [-0.25, -0.2) is 0 Å². The molecule has 0 unspecified atom stereocenters. The van der Waals surface area contributed by atoms with Crippen molar-refractivity contribution in [3.05, 3.63) is 81.7 Å². The minimum atomic E-state index is -1.36. The minimum Gasteiger partial charge on any atom is -0.545 e. The van der Waals surface area contributed by atoms with Crippen LogP contribution in [0.15, 0.2) is 54.6 Å². The number of carbonyl (C=O) groups excluding carboxylic acids is 3. The van der Waals surface area contributed by atoms with Crippen LogP contribution in [0, 0.1) is 0 Å². The molecule has 0 saturated carbocycles. The summed E-state index contributed by atoms with van der Waals surface area (Å²) in [5, 5.41) is 17.4.